The Morgan fingerprint density at radius 1 is 0.765 bits per heavy atom. The van der Waals surface area contributed by atoms with Gasteiger partial charge < -0.3 is 20.4 Å². The Labute approximate surface area is 94.7 Å². The van der Waals surface area contributed by atoms with Gasteiger partial charge in [-0.15, -0.1) is 0 Å². The van der Waals surface area contributed by atoms with E-state index in [9.17, 15) is 19.2 Å². The van der Waals surface area contributed by atoms with Crippen molar-refractivity contribution in [1.29, 1.82) is 0 Å². The Morgan fingerprint density at radius 3 is 1.24 bits per heavy atom. The van der Waals surface area contributed by atoms with Gasteiger partial charge in [0.15, 0.2) is 0 Å². The first-order valence-electron chi connectivity index (χ1n) is 4.39. The van der Waals surface area contributed by atoms with Gasteiger partial charge in [-0.25, -0.2) is 0 Å². The zero-order valence-corrected chi connectivity index (χ0v) is 8.49. The third kappa shape index (κ3) is 6.10. The molecule has 0 aromatic rings. The molecule has 17 heavy (non-hydrogen) atoms. The minimum atomic E-state index is -1.66. The first kappa shape index (κ1) is 14.8. The number of nitrogens with one attached hydrogen (secondary N) is 1. The van der Waals surface area contributed by atoms with Gasteiger partial charge in [-0.1, -0.05) is 0 Å². The number of carboxylic acid groups (broad SMARTS) is 4. The lowest BCUT2D eigenvalue weighted by Crippen LogP contribution is -2.48. The highest BCUT2D eigenvalue weighted by molar-refractivity contribution is 5.84. The van der Waals surface area contributed by atoms with E-state index < -0.39 is 48.8 Å². The normalized spacial score (nSPS) is 13.6. The van der Waals surface area contributed by atoms with Crippen molar-refractivity contribution in [2.45, 2.75) is 24.9 Å². The molecular formula is C8H11NO8. The molecule has 0 rings (SSSR count). The van der Waals surface area contributed by atoms with Crippen LogP contribution in [0.25, 0.3) is 0 Å². The summed E-state index contributed by atoms with van der Waals surface area (Å²) >= 11 is 0. The summed E-state index contributed by atoms with van der Waals surface area (Å²) in [4.78, 5) is 41.9. The van der Waals surface area contributed by atoms with Crippen molar-refractivity contribution in [2.24, 2.45) is 0 Å². The van der Waals surface area contributed by atoms with Crippen LogP contribution in [0.15, 0.2) is 0 Å². The van der Waals surface area contributed by atoms with E-state index in [1.807, 2.05) is 5.32 Å². The molecule has 0 heterocycles. The molecule has 0 aliphatic heterocycles. The van der Waals surface area contributed by atoms with Gasteiger partial charge in [0.25, 0.3) is 0 Å². The molecular weight excluding hydrogens is 238 g/mol. The van der Waals surface area contributed by atoms with Crippen molar-refractivity contribution in [1.82, 2.24) is 5.32 Å². The van der Waals surface area contributed by atoms with Crippen LogP contribution in [0.1, 0.15) is 12.8 Å². The summed E-state index contributed by atoms with van der Waals surface area (Å²) in [6, 6.07) is -3.32. The van der Waals surface area contributed by atoms with Gasteiger partial charge in [-0.3, -0.25) is 24.5 Å². The largest absolute Gasteiger partial charge is 0.481 e. The van der Waals surface area contributed by atoms with Crippen molar-refractivity contribution in [2.75, 3.05) is 0 Å². The van der Waals surface area contributed by atoms with E-state index in [0.29, 0.717) is 0 Å². The van der Waals surface area contributed by atoms with Crippen LogP contribution in [0, 0.1) is 0 Å². The molecule has 96 valence electrons. The van der Waals surface area contributed by atoms with Gasteiger partial charge in [0, 0.05) is 0 Å². The quantitative estimate of drug-likeness (QED) is 0.342. The van der Waals surface area contributed by atoms with Gasteiger partial charge in [-0.05, 0) is 0 Å². The van der Waals surface area contributed by atoms with E-state index in [-0.39, 0.29) is 0 Å². The first-order chi connectivity index (χ1) is 7.73. The van der Waals surface area contributed by atoms with E-state index in [4.69, 9.17) is 20.4 Å². The highest BCUT2D eigenvalue weighted by Gasteiger charge is 2.29. The van der Waals surface area contributed by atoms with Crippen molar-refractivity contribution in [3.05, 3.63) is 0 Å². The minimum absolute atomic E-state index is 0.848. The average molecular weight is 249 g/mol. The lowest BCUT2D eigenvalue weighted by molar-refractivity contribution is -0.150. The molecule has 0 amide bonds. The zero-order chi connectivity index (χ0) is 13.6. The molecule has 0 bridgehead atoms. The molecule has 0 aromatic heterocycles. The number of carboxylic acids is 4. The van der Waals surface area contributed by atoms with Crippen LogP contribution in [0.5, 0.6) is 0 Å². The number of rotatable bonds is 8. The molecule has 0 radical (unpaired) electrons. The summed E-state index contributed by atoms with van der Waals surface area (Å²) in [7, 11) is 0. The van der Waals surface area contributed by atoms with Crippen LogP contribution in [0.4, 0.5) is 0 Å². The fourth-order valence-corrected chi connectivity index (χ4v) is 1.03. The molecule has 0 saturated heterocycles. The van der Waals surface area contributed by atoms with Crippen molar-refractivity contribution in [3.8, 4) is 0 Å². The summed E-state index contributed by atoms with van der Waals surface area (Å²) in [5.74, 6) is -6.01. The van der Waals surface area contributed by atoms with E-state index in [1.54, 1.807) is 0 Å². The van der Waals surface area contributed by atoms with E-state index in [2.05, 4.69) is 0 Å². The van der Waals surface area contributed by atoms with Crippen LogP contribution < -0.4 is 5.32 Å². The summed E-state index contributed by atoms with van der Waals surface area (Å²) in [6.07, 6.45) is -1.70. The molecule has 0 aliphatic rings. The third-order valence-corrected chi connectivity index (χ3v) is 1.76. The highest BCUT2D eigenvalue weighted by Crippen LogP contribution is 2.00. The highest BCUT2D eigenvalue weighted by atomic mass is 16.4. The second-order valence-electron chi connectivity index (χ2n) is 3.14. The number of carbonyl (C=O) groups is 4. The Bertz CT molecular complexity index is 306. The van der Waals surface area contributed by atoms with Gasteiger partial charge in [-0.2, -0.15) is 0 Å². The molecule has 1 unspecified atom stereocenters. The topological polar surface area (TPSA) is 161 Å². The summed E-state index contributed by atoms with van der Waals surface area (Å²) < 4.78 is 0. The molecule has 2 atom stereocenters. The smallest absolute Gasteiger partial charge is 0.321 e. The van der Waals surface area contributed by atoms with E-state index in [1.165, 1.54) is 0 Å². The van der Waals surface area contributed by atoms with Crippen LogP contribution >= 0.6 is 0 Å². The molecule has 0 spiro atoms. The second-order valence-corrected chi connectivity index (χ2v) is 3.14. The molecule has 0 aliphatic carbocycles. The lowest BCUT2D eigenvalue weighted by Gasteiger charge is -2.17. The van der Waals surface area contributed by atoms with Gasteiger partial charge in [0.1, 0.15) is 12.1 Å². The Hall–Kier alpha value is -2.16. The Balaban J connectivity index is 4.67. The van der Waals surface area contributed by atoms with E-state index >= 15 is 0 Å². The second kappa shape index (κ2) is 6.43. The standard InChI is InChI=1S/C8H11NO8/c10-5(11)1-3(7(14)15)9-4(8(16)17)2-6(12)13/h3-4,9H,1-2H2,(H,10,11)(H,12,13)(H,14,15)(H,16,17)/t3-,4?/m1/s1. The SMILES string of the molecule is O=C(O)CC(N[C@H](CC(=O)O)C(=O)O)C(=O)O. The minimum Gasteiger partial charge on any atom is -0.481 e. The predicted molar refractivity (Wildman–Crippen MR) is 50.5 cm³/mol. The van der Waals surface area contributed by atoms with Gasteiger partial charge in [0.05, 0.1) is 12.8 Å². The monoisotopic (exact) mass is 249 g/mol. The Morgan fingerprint density at radius 2 is 1.06 bits per heavy atom. The molecule has 0 saturated carbocycles. The number of hydrogen-bond donors (Lipinski definition) is 5. The number of aliphatic carboxylic acids is 4. The van der Waals surface area contributed by atoms with Gasteiger partial charge >= 0.3 is 23.9 Å². The molecule has 0 aromatic carbocycles. The average Bonchev–Trinajstić information content (AvgIpc) is 2.13. The summed E-state index contributed by atoms with van der Waals surface area (Å²) in [5, 5.41) is 36.0. The molecule has 9 nitrogen and oxygen atoms in total. The molecule has 0 fully saturated rings. The maximum atomic E-state index is 10.6. The lowest BCUT2D eigenvalue weighted by atomic mass is 10.1. The summed E-state index contributed by atoms with van der Waals surface area (Å²) in [5.41, 5.74) is 0. The molecule has 9 heteroatoms. The summed E-state index contributed by atoms with van der Waals surface area (Å²) in [6.45, 7) is 0. The zero-order valence-electron chi connectivity index (χ0n) is 8.49. The third-order valence-electron chi connectivity index (χ3n) is 1.76. The maximum absolute atomic E-state index is 10.6. The van der Waals surface area contributed by atoms with Crippen LogP contribution in [-0.2, 0) is 19.2 Å². The van der Waals surface area contributed by atoms with Gasteiger partial charge in [0.2, 0.25) is 0 Å². The fourth-order valence-electron chi connectivity index (χ4n) is 1.03. The number of hydrogen-bond acceptors (Lipinski definition) is 5. The first-order valence-corrected chi connectivity index (χ1v) is 4.39. The van der Waals surface area contributed by atoms with Crippen LogP contribution in [0.2, 0.25) is 0 Å². The van der Waals surface area contributed by atoms with Crippen molar-refractivity contribution in [3.63, 3.8) is 0 Å². The van der Waals surface area contributed by atoms with Crippen LogP contribution in [-0.4, -0.2) is 56.4 Å². The van der Waals surface area contributed by atoms with Crippen molar-refractivity contribution < 1.29 is 39.6 Å². The van der Waals surface area contributed by atoms with Crippen LogP contribution in [0.3, 0.4) is 0 Å². The molecule has 5 N–H and O–H groups in total. The van der Waals surface area contributed by atoms with Crippen molar-refractivity contribution >= 4 is 23.9 Å². The maximum Gasteiger partial charge on any atom is 0.321 e. The fraction of sp³-hybridized carbons (Fsp3) is 0.500. The van der Waals surface area contributed by atoms with E-state index in [0.717, 1.165) is 0 Å². The Kier molecular flexibility index (Phi) is 5.61. The predicted octanol–water partition coefficient (Wildman–Crippen LogP) is -1.57.